The van der Waals surface area contributed by atoms with Gasteiger partial charge in [-0.3, -0.25) is 4.79 Å². The number of benzene rings is 1. The zero-order chi connectivity index (χ0) is 14.8. The summed E-state index contributed by atoms with van der Waals surface area (Å²) in [6.07, 6.45) is 5.75. The van der Waals surface area contributed by atoms with Crippen LogP contribution in [0.2, 0.25) is 0 Å². The Morgan fingerprint density at radius 2 is 2.10 bits per heavy atom. The van der Waals surface area contributed by atoms with Gasteiger partial charge in [-0.2, -0.15) is 0 Å². The van der Waals surface area contributed by atoms with Crippen LogP contribution in [-0.4, -0.2) is 15.5 Å². The van der Waals surface area contributed by atoms with E-state index in [2.05, 4.69) is 33.1 Å². The molecule has 1 heterocycles. The predicted molar refractivity (Wildman–Crippen MR) is 83.9 cm³/mol. The Hall–Kier alpha value is -1.84. The van der Waals surface area contributed by atoms with Crippen LogP contribution in [0.1, 0.15) is 43.5 Å². The summed E-state index contributed by atoms with van der Waals surface area (Å²) in [4.78, 5) is 16.7. The van der Waals surface area contributed by atoms with E-state index < -0.39 is 0 Å². The summed E-state index contributed by atoms with van der Waals surface area (Å²) in [6.45, 7) is 2.60. The van der Waals surface area contributed by atoms with E-state index in [4.69, 9.17) is 0 Å². The van der Waals surface area contributed by atoms with Gasteiger partial charge in [0.1, 0.15) is 5.82 Å². The average Bonchev–Trinajstić information content (AvgIpc) is 2.80. The Morgan fingerprint density at radius 1 is 1.33 bits per heavy atom. The molecule has 2 aromatic rings. The summed E-state index contributed by atoms with van der Waals surface area (Å²) < 4.78 is 2.08. The fourth-order valence-electron chi connectivity index (χ4n) is 3.17. The van der Waals surface area contributed by atoms with Gasteiger partial charge in [-0.15, -0.1) is 0 Å². The second-order valence-corrected chi connectivity index (χ2v) is 6.09. The van der Waals surface area contributed by atoms with Crippen LogP contribution in [-0.2, 0) is 18.4 Å². The van der Waals surface area contributed by atoms with E-state index in [1.165, 1.54) is 19.3 Å². The fourth-order valence-corrected chi connectivity index (χ4v) is 3.17. The molecule has 3 rings (SSSR count). The van der Waals surface area contributed by atoms with E-state index >= 15 is 0 Å². The molecule has 0 bridgehead atoms. The number of fused-ring (bicyclic) bond motifs is 1. The number of aryl methyl sites for hydroxylation is 2. The Kier molecular flexibility index (Phi) is 3.95. The lowest BCUT2D eigenvalue weighted by atomic mass is 9.88. The van der Waals surface area contributed by atoms with Gasteiger partial charge in [-0.1, -0.05) is 25.3 Å². The Balaban J connectivity index is 1.66. The maximum Gasteiger partial charge on any atom is 0.223 e. The Bertz CT molecular complexity index is 653. The molecule has 1 aromatic carbocycles. The molecular weight excluding hydrogens is 262 g/mol. The first-order chi connectivity index (χ1) is 10.1. The van der Waals surface area contributed by atoms with Crippen molar-refractivity contribution < 1.29 is 4.79 Å². The Morgan fingerprint density at radius 3 is 2.86 bits per heavy atom. The lowest BCUT2D eigenvalue weighted by Gasteiger charge is -2.20. The SMILES string of the molecule is Cc1nc2cc(CNC(=O)C3CCCCC3)ccc2n1C. The maximum absolute atomic E-state index is 12.2. The molecule has 0 saturated heterocycles. The van der Waals surface area contributed by atoms with Crippen molar-refractivity contribution in [1.29, 1.82) is 0 Å². The summed E-state index contributed by atoms with van der Waals surface area (Å²) in [6, 6.07) is 6.23. The summed E-state index contributed by atoms with van der Waals surface area (Å²) in [5.41, 5.74) is 3.25. The molecular formula is C17H23N3O. The molecule has 4 nitrogen and oxygen atoms in total. The smallest absolute Gasteiger partial charge is 0.223 e. The van der Waals surface area contributed by atoms with Crippen molar-refractivity contribution >= 4 is 16.9 Å². The summed E-state index contributed by atoms with van der Waals surface area (Å²) in [7, 11) is 2.02. The molecule has 1 saturated carbocycles. The van der Waals surface area contributed by atoms with Gasteiger partial charge in [0.25, 0.3) is 0 Å². The van der Waals surface area contributed by atoms with Gasteiger partial charge in [0.05, 0.1) is 11.0 Å². The highest BCUT2D eigenvalue weighted by molar-refractivity contribution is 5.79. The van der Waals surface area contributed by atoms with Crippen molar-refractivity contribution in [1.82, 2.24) is 14.9 Å². The number of amides is 1. The van der Waals surface area contributed by atoms with Crippen LogP contribution < -0.4 is 5.32 Å². The third kappa shape index (κ3) is 2.94. The van der Waals surface area contributed by atoms with Gasteiger partial charge in [0.15, 0.2) is 0 Å². The minimum absolute atomic E-state index is 0.215. The average molecular weight is 285 g/mol. The first-order valence-corrected chi connectivity index (χ1v) is 7.85. The van der Waals surface area contributed by atoms with Crippen LogP contribution in [0.25, 0.3) is 11.0 Å². The van der Waals surface area contributed by atoms with E-state index in [9.17, 15) is 4.79 Å². The first kappa shape index (κ1) is 14.1. The quantitative estimate of drug-likeness (QED) is 0.942. The van der Waals surface area contributed by atoms with Crippen LogP contribution in [0.15, 0.2) is 18.2 Å². The molecule has 1 aromatic heterocycles. The number of rotatable bonds is 3. The Labute approximate surface area is 125 Å². The monoisotopic (exact) mass is 285 g/mol. The number of hydrogen-bond donors (Lipinski definition) is 1. The molecule has 112 valence electrons. The van der Waals surface area contributed by atoms with Crippen molar-refractivity contribution in [3.8, 4) is 0 Å². The normalized spacial score (nSPS) is 16.3. The van der Waals surface area contributed by atoms with E-state index in [-0.39, 0.29) is 11.8 Å². The highest BCUT2D eigenvalue weighted by atomic mass is 16.1. The lowest BCUT2D eigenvalue weighted by Crippen LogP contribution is -2.31. The number of hydrogen-bond acceptors (Lipinski definition) is 2. The number of aromatic nitrogens is 2. The van der Waals surface area contributed by atoms with Crippen molar-refractivity contribution in [3.05, 3.63) is 29.6 Å². The highest BCUT2D eigenvalue weighted by Crippen LogP contribution is 2.23. The number of carbonyl (C=O) groups is 1. The second kappa shape index (κ2) is 5.88. The van der Waals surface area contributed by atoms with Gasteiger partial charge in [-0.25, -0.2) is 4.98 Å². The third-order valence-electron chi connectivity index (χ3n) is 4.61. The van der Waals surface area contributed by atoms with Crippen LogP contribution in [0.3, 0.4) is 0 Å². The molecule has 0 atom stereocenters. The molecule has 21 heavy (non-hydrogen) atoms. The molecule has 0 spiro atoms. The largest absolute Gasteiger partial charge is 0.352 e. The van der Waals surface area contributed by atoms with Gasteiger partial charge in [0.2, 0.25) is 5.91 Å². The highest BCUT2D eigenvalue weighted by Gasteiger charge is 2.20. The van der Waals surface area contributed by atoms with Crippen LogP contribution >= 0.6 is 0 Å². The minimum atomic E-state index is 0.215. The second-order valence-electron chi connectivity index (χ2n) is 6.09. The minimum Gasteiger partial charge on any atom is -0.352 e. The molecule has 1 fully saturated rings. The van der Waals surface area contributed by atoms with E-state index in [1.54, 1.807) is 0 Å². The molecule has 0 unspecified atom stereocenters. The first-order valence-electron chi connectivity index (χ1n) is 7.85. The van der Waals surface area contributed by atoms with Crippen LogP contribution in [0, 0.1) is 12.8 Å². The zero-order valence-electron chi connectivity index (χ0n) is 12.9. The maximum atomic E-state index is 12.2. The van der Waals surface area contributed by atoms with E-state index in [1.807, 2.05) is 14.0 Å². The van der Waals surface area contributed by atoms with Crippen molar-refractivity contribution in [2.45, 2.75) is 45.6 Å². The number of nitrogens with zero attached hydrogens (tertiary/aromatic N) is 2. The molecule has 0 radical (unpaired) electrons. The number of nitrogens with one attached hydrogen (secondary N) is 1. The number of imidazole rings is 1. The van der Waals surface area contributed by atoms with E-state index in [0.29, 0.717) is 6.54 Å². The van der Waals surface area contributed by atoms with Crippen LogP contribution in [0.4, 0.5) is 0 Å². The predicted octanol–water partition coefficient (Wildman–Crippen LogP) is 3.08. The van der Waals surface area contributed by atoms with Crippen molar-refractivity contribution in [2.75, 3.05) is 0 Å². The van der Waals surface area contributed by atoms with Gasteiger partial charge >= 0.3 is 0 Å². The molecule has 1 aliphatic carbocycles. The third-order valence-corrected chi connectivity index (χ3v) is 4.61. The van der Waals surface area contributed by atoms with E-state index in [0.717, 1.165) is 35.3 Å². The molecule has 1 amide bonds. The summed E-state index contributed by atoms with van der Waals surface area (Å²) in [5.74, 6) is 1.44. The number of carbonyl (C=O) groups excluding carboxylic acids is 1. The van der Waals surface area contributed by atoms with Gasteiger partial charge in [0, 0.05) is 19.5 Å². The van der Waals surface area contributed by atoms with Crippen LogP contribution in [0.5, 0.6) is 0 Å². The summed E-state index contributed by atoms with van der Waals surface area (Å²) >= 11 is 0. The van der Waals surface area contributed by atoms with Gasteiger partial charge < -0.3 is 9.88 Å². The topological polar surface area (TPSA) is 46.9 Å². The standard InChI is InChI=1S/C17H23N3O/c1-12-19-15-10-13(8-9-16(15)20(12)2)11-18-17(21)14-6-4-3-5-7-14/h8-10,14H,3-7,11H2,1-2H3,(H,18,21). The fraction of sp³-hybridized carbons (Fsp3) is 0.529. The molecule has 1 N–H and O–H groups in total. The van der Waals surface area contributed by atoms with Crippen molar-refractivity contribution in [2.24, 2.45) is 13.0 Å². The molecule has 0 aliphatic heterocycles. The molecule has 4 heteroatoms. The lowest BCUT2D eigenvalue weighted by molar-refractivity contribution is -0.126. The zero-order valence-corrected chi connectivity index (χ0v) is 12.9. The van der Waals surface area contributed by atoms with Gasteiger partial charge in [-0.05, 0) is 37.5 Å². The summed E-state index contributed by atoms with van der Waals surface area (Å²) in [5, 5.41) is 3.08. The molecule has 1 aliphatic rings. The van der Waals surface area contributed by atoms with Crippen molar-refractivity contribution in [3.63, 3.8) is 0 Å².